The fourth-order valence-electron chi connectivity index (χ4n) is 1.51. The molecule has 0 aliphatic carbocycles. The highest BCUT2D eigenvalue weighted by Crippen LogP contribution is 2.26. The van der Waals surface area contributed by atoms with Gasteiger partial charge in [-0.25, -0.2) is 14.4 Å². The molecule has 0 aliphatic heterocycles. The fourth-order valence-corrected chi connectivity index (χ4v) is 1.77. The number of aromatic nitrogens is 2. The van der Waals surface area contributed by atoms with Crippen LogP contribution in [0.3, 0.4) is 0 Å². The average molecular weight is 251 g/mol. The number of aryl methyl sites for hydroxylation is 1. The normalized spacial score (nSPS) is 10.3. The summed E-state index contributed by atoms with van der Waals surface area (Å²) in [6.07, 6.45) is 0.531. The zero-order chi connectivity index (χ0) is 12.4. The quantitative estimate of drug-likeness (QED) is 0.608. The molecule has 0 aliphatic rings. The van der Waals surface area contributed by atoms with E-state index >= 15 is 0 Å². The van der Waals surface area contributed by atoms with Crippen LogP contribution in [0.5, 0.6) is 0 Å². The standard InChI is InChI=1S/C12H8ClFN2O/c1-7-15-11(9(6-17)12(13)16-7)8-4-2-3-5-10(8)14/h2-6H,1H3. The third-order valence-corrected chi connectivity index (χ3v) is 2.55. The van der Waals surface area contributed by atoms with Crippen LogP contribution in [0.2, 0.25) is 5.15 Å². The second-order valence-corrected chi connectivity index (χ2v) is 3.78. The Balaban J connectivity index is 2.75. The smallest absolute Gasteiger partial charge is 0.155 e. The number of nitrogens with zero attached hydrogens (tertiary/aromatic N) is 2. The van der Waals surface area contributed by atoms with Gasteiger partial charge >= 0.3 is 0 Å². The van der Waals surface area contributed by atoms with Crippen molar-refractivity contribution in [2.75, 3.05) is 0 Å². The Labute approximate surface area is 102 Å². The first-order chi connectivity index (χ1) is 8.13. The summed E-state index contributed by atoms with van der Waals surface area (Å²) < 4.78 is 13.6. The molecule has 5 heteroatoms. The molecule has 1 aromatic carbocycles. The second-order valence-electron chi connectivity index (χ2n) is 3.42. The Morgan fingerprint density at radius 1 is 1.29 bits per heavy atom. The lowest BCUT2D eigenvalue weighted by Crippen LogP contribution is -2.00. The minimum atomic E-state index is -0.454. The van der Waals surface area contributed by atoms with E-state index < -0.39 is 5.82 Å². The van der Waals surface area contributed by atoms with E-state index in [0.29, 0.717) is 12.1 Å². The number of hydrogen-bond donors (Lipinski definition) is 0. The molecule has 3 nitrogen and oxygen atoms in total. The van der Waals surface area contributed by atoms with E-state index in [9.17, 15) is 9.18 Å². The van der Waals surface area contributed by atoms with E-state index in [0.717, 1.165) is 0 Å². The number of carbonyl (C=O) groups excluding carboxylic acids is 1. The molecule has 1 aromatic heterocycles. The summed E-state index contributed by atoms with van der Waals surface area (Å²) in [5.74, 6) is -0.0661. The molecule has 86 valence electrons. The lowest BCUT2D eigenvalue weighted by molar-refractivity contribution is 0.112. The van der Waals surface area contributed by atoms with Crippen LogP contribution in [-0.2, 0) is 0 Å². The SMILES string of the molecule is Cc1nc(Cl)c(C=O)c(-c2ccccc2F)n1. The van der Waals surface area contributed by atoms with Crippen molar-refractivity contribution in [1.29, 1.82) is 0 Å². The third kappa shape index (κ3) is 2.17. The zero-order valence-electron chi connectivity index (χ0n) is 8.95. The highest BCUT2D eigenvalue weighted by atomic mass is 35.5. The molecule has 0 N–H and O–H groups in total. The maximum atomic E-state index is 13.6. The molecular weight excluding hydrogens is 243 g/mol. The van der Waals surface area contributed by atoms with E-state index in [1.807, 2.05) is 0 Å². The van der Waals surface area contributed by atoms with Gasteiger partial charge < -0.3 is 0 Å². The zero-order valence-corrected chi connectivity index (χ0v) is 9.70. The Bertz CT molecular complexity index is 587. The number of benzene rings is 1. The summed E-state index contributed by atoms with van der Waals surface area (Å²) in [5, 5.41) is 0.0331. The topological polar surface area (TPSA) is 42.9 Å². The number of carbonyl (C=O) groups is 1. The average Bonchev–Trinajstić information content (AvgIpc) is 2.28. The van der Waals surface area contributed by atoms with E-state index in [1.54, 1.807) is 25.1 Å². The van der Waals surface area contributed by atoms with Crippen LogP contribution in [0.4, 0.5) is 4.39 Å². The third-order valence-electron chi connectivity index (χ3n) is 2.26. The van der Waals surface area contributed by atoms with Gasteiger partial charge in [-0.2, -0.15) is 0 Å². The van der Waals surface area contributed by atoms with Gasteiger partial charge in [0.15, 0.2) is 6.29 Å². The van der Waals surface area contributed by atoms with Gasteiger partial charge in [0.25, 0.3) is 0 Å². The van der Waals surface area contributed by atoms with Crippen LogP contribution in [-0.4, -0.2) is 16.3 Å². The van der Waals surface area contributed by atoms with Gasteiger partial charge in [-0.15, -0.1) is 0 Å². The van der Waals surface area contributed by atoms with Crippen molar-refractivity contribution in [2.45, 2.75) is 6.92 Å². The highest BCUT2D eigenvalue weighted by Gasteiger charge is 2.15. The van der Waals surface area contributed by atoms with Crippen molar-refractivity contribution in [3.63, 3.8) is 0 Å². The molecule has 0 bridgehead atoms. The molecule has 0 amide bonds. The van der Waals surface area contributed by atoms with Crippen LogP contribution >= 0.6 is 11.6 Å². The van der Waals surface area contributed by atoms with Crippen molar-refractivity contribution in [2.24, 2.45) is 0 Å². The number of halogens is 2. The number of hydrogen-bond acceptors (Lipinski definition) is 3. The minimum absolute atomic E-state index is 0.0331. The molecule has 17 heavy (non-hydrogen) atoms. The van der Waals surface area contributed by atoms with Gasteiger partial charge in [0.2, 0.25) is 0 Å². The molecule has 0 atom stereocenters. The molecule has 0 fully saturated rings. The molecule has 0 saturated carbocycles. The van der Waals surface area contributed by atoms with E-state index in [1.165, 1.54) is 6.07 Å². The maximum absolute atomic E-state index is 13.6. The largest absolute Gasteiger partial charge is 0.298 e. The fraction of sp³-hybridized carbons (Fsp3) is 0.0833. The monoisotopic (exact) mass is 250 g/mol. The summed E-state index contributed by atoms with van der Waals surface area (Å²) >= 11 is 5.83. The van der Waals surface area contributed by atoms with Gasteiger partial charge in [0.05, 0.1) is 11.3 Å². The van der Waals surface area contributed by atoms with E-state index in [-0.39, 0.29) is 22.0 Å². The molecule has 1 heterocycles. The van der Waals surface area contributed by atoms with Gasteiger partial charge in [-0.3, -0.25) is 4.79 Å². The van der Waals surface area contributed by atoms with Gasteiger partial charge in [0.1, 0.15) is 16.8 Å². The van der Waals surface area contributed by atoms with Crippen molar-refractivity contribution in [3.05, 3.63) is 46.6 Å². The molecule has 2 aromatic rings. The number of aldehydes is 1. The Morgan fingerprint density at radius 3 is 2.65 bits per heavy atom. The summed E-state index contributed by atoms with van der Waals surface area (Å²) in [5.41, 5.74) is 0.556. The molecule has 2 rings (SSSR count). The van der Waals surface area contributed by atoms with Crippen LogP contribution in [0.1, 0.15) is 16.2 Å². The van der Waals surface area contributed by atoms with Crippen LogP contribution < -0.4 is 0 Å². The predicted octanol–water partition coefficient (Wildman–Crippen LogP) is 3.06. The molecular formula is C12H8ClFN2O. The maximum Gasteiger partial charge on any atom is 0.155 e. The van der Waals surface area contributed by atoms with Gasteiger partial charge in [0, 0.05) is 5.56 Å². The second kappa shape index (κ2) is 4.59. The summed E-state index contributed by atoms with van der Waals surface area (Å²) in [6, 6.07) is 6.07. The van der Waals surface area contributed by atoms with Gasteiger partial charge in [-0.05, 0) is 19.1 Å². The highest BCUT2D eigenvalue weighted by molar-refractivity contribution is 6.32. The summed E-state index contributed by atoms with van der Waals surface area (Å²) in [7, 11) is 0. The van der Waals surface area contributed by atoms with Crippen molar-refractivity contribution < 1.29 is 9.18 Å². The first-order valence-corrected chi connectivity index (χ1v) is 5.25. The predicted molar refractivity (Wildman–Crippen MR) is 62.6 cm³/mol. The minimum Gasteiger partial charge on any atom is -0.298 e. The van der Waals surface area contributed by atoms with E-state index in [2.05, 4.69) is 9.97 Å². The van der Waals surface area contributed by atoms with Crippen LogP contribution in [0.25, 0.3) is 11.3 Å². The van der Waals surface area contributed by atoms with E-state index in [4.69, 9.17) is 11.6 Å². The van der Waals surface area contributed by atoms with Crippen molar-refractivity contribution in [1.82, 2.24) is 9.97 Å². The Kier molecular flexibility index (Phi) is 3.15. The molecule has 0 spiro atoms. The van der Waals surface area contributed by atoms with Crippen molar-refractivity contribution in [3.8, 4) is 11.3 Å². The molecule has 0 unspecified atom stereocenters. The van der Waals surface area contributed by atoms with Gasteiger partial charge in [-0.1, -0.05) is 23.7 Å². The Morgan fingerprint density at radius 2 is 2.00 bits per heavy atom. The Hall–Kier alpha value is -1.81. The molecule has 0 radical (unpaired) electrons. The first-order valence-electron chi connectivity index (χ1n) is 4.87. The lowest BCUT2D eigenvalue weighted by Gasteiger charge is -2.07. The first kappa shape index (κ1) is 11.7. The van der Waals surface area contributed by atoms with Crippen LogP contribution in [0, 0.1) is 12.7 Å². The number of rotatable bonds is 2. The summed E-state index contributed by atoms with van der Waals surface area (Å²) in [4.78, 5) is 18.9. The lowest BCUT2D eigenvalue weighted by atomic mass is 10.1. The van der Waals surface area contributed by atoms with Crippen LogP contribution in [0.15, 0.2) is 24.3 Å². The van der Waals surface area contributed by atoms with Crippen molar-refractivity contribution >= 4 is 17.9 Å². The summed E-state index contributed by atoms with van der Waals surface area (Å²) in [6.45, 7) is 1.63. The molecule has 0 saturated heterocycles.